The molecule has 10 heavy (non-hydrogen) atoms. The van der Waals surface area contributed by atoms with Gasteiger partial charge in [-0.2, -0.15) is 0 Å². The van der Waals surface area contributed by atoms with Crippen LogP contribution in [0.15, 0.2) is 0 Å². The molecule has 0 aromatic rings. The SMILES string of the molecule is C[C@@]1(O)CC[C@H]2CC[C@@H]1C2. The van der Waals surface area contributed by atoms with E-state index in [1.165, 1.54) is 25.7 Å². The first-order valence-corrected chi connectivity index (χ1v) is 4.41. The minimum atomic E-state index is -0.312. The maximum atomic E-state index is 9.86. The van der Waals surface area contributed by atoms with Crippen molar-refractivity contribution >= 4 is 0 Å². The van der Waals surface area contributed by atoms with Crippen LogP contribution < -0.4 is 0 Å². The van der Waals surface area contributed by atoms with Crippen LogP contribution in [0.25, 0.3) is 0 Å². The first-order chi connectivity index (χ1) is 4.68. The van der Waals surface area contributed by atoms with E-state index in [9.17, 15) is 5.11 Å². The van der Waals surface area contributed by atoms with E-state index in [0.29, 0.717) is 5.92 Å². The molecule has 2 bridgehead atoms. The van der Waals surface area contributed by atoms with Crippen LogP contribution in [0.3, 0.4) is 0 Å². The van der Waals surface area contributed by atoms with Crippen molar-refractivity contribution in [2.24, 2.45) is 11.8 Å². The highest BCUT2D eigenvalue weighted by Crippen LogP contribution is 2.47. The normalized spacial score (nSPS) is 53.4. The first-order valence-electron chi connectivity index (χ1n) is 4.41. The number of hydrogen-bond acceptors (Lipinski definition) is 1. The zero-order chi connectivity index (χ0) is 7.19. The van der Waals surface area contributed by atoms with Crippen LogP contribution in [-0.2, 0) is 0 Å². The molecule has 0 radical (unpaired) electrons. The summed E-state index contributed by atoms with van der Waals surface area (Å²) >= 11 is 0. The van der Waals surface area contributed by atoms with Gasteiger partial charge in [-0.05, 0) is 44.4 Å². The monoisotopic (exact) mass is 140 g/mol. The Balaban J connectivity index is 2.14. The molecule has 0 spiro atoms. The quantitative estimate of drug-likeness (QED) is 0.545. The Bertz CT molecular complexity index is 140. The fourth-order valence-electron chi connectivity index (χ4n) is 2.60. The third kappa shape index (κ3) is 0.878. The summed E-state index contributed by atoms with van der Waals surface area (Å²) in [6.45, 7) is 2.01. The summed E-state index contributed by atoms with van der Waals surface area (Å²) in [7, 11) is 0. The van der Waals surface area contributed by atoms with Gasteiger partial charge in [0.15, 0.2) is 0 Å². The number of fused-ring (bicyclic) bond motifs is 2. The molecule has 0 amide bonds. The largest absolute Gasteiger partial charge is 0.390 e. The minimum absolute atomic E-state index is 0.312. The van der Waals surface area contributed by atoms with Gasteiger partial charge >= 0.3 is 0 Å². The van der Waals surface area contributed by atoms with E-state index in [1.807, 2.05) is 6.92 Å². The van der Waals surface area contributed by atoms with Crippen molar-refractivity contribution in [3.63, 3.8) is 0 Å². The lowest BCUT2D eigenvalue weighted by Crippen LogP contribution is -2.35. The highest BCUT2D eigenvalue weighted by molar-refractivity contribution is 4.93. The molecule has 58 valence electrons. The van der Waals surface area contributed by atoms with Crippen molar-refractivity contribution in [1.82, 2.24) is 0 Å². The molecule has 0 aromatic heterocycles. The Hall–Kier alpha value is -0.0400. The molecule has 0 heterocycles. The number of rotatable bonds is 0. The zero-order valence-electron chi connectivity index (χ0n) is 6.64. The smallest absolute Gasteiger partial charge is 0.0648 e. The van der Waals surface area contributed by atoms with Crippen LogP contribution in [0.1, 0.15) is 39.0 Å². The van der Waals surface area contributed by atoms with E-state index < -0.39 is 0 Å². The van der Waals surface area contributed by atoms with Gasteiger partial charge in [0, 0.05) is 0 Å². The van der Waals surface area contributed by atoms with Crippen LogP contribution in [0.4, 0.5) is 0 Å². The number of hydrogen-bond donors (Lipinski definition) is 1. The van der Waals surface area contributed by atoms with E-state index in [0.717, 1.165) is 12.3 Å². The van der Waals surface area contributed by atoms with Gasteiger partial charge in [0.1, 0.15) is 0 Å². The topological polar surface area (TPSA) is 20.2 Å². The van der Waals surface area contributed by atoms with E-state index in [2.05, 4.69) is 0 Å². The molecule has 0 saturated heterocycles. The molecule has 2 rings (SSSR count). The lowest BCUT2D eigenvalue weighted by Gasteiger charge is -2.34. The second kappa shape index (κ2) is 1.97. The molecule has 3 atom stereocenters. The molecular weight excluding hydrogens is 124 g/mol. The first kappa shape index (κ1) is 6.66. The standard InChI is InChI=1S/C9H16O/c1-9(10)5-4-7-2-3-8(9)6-7/h7-8,10H,2-6H2,1H3/t7-,8-,9-/m1/s1. The fourth-order valence-corrected chi connectivity index (χ4v) is 2.60. The Morgan fingerprint density at radius 3 is 2.80 bits per heavy atom. The van der Waals surface area contributed by atoms with Crippen LogP contribution in [-0.4, -0.2) is 10.7 Å². The Morgan fingerprint density at radius 1 is 1.30 bits per heavy atom. The predicted octanol–water partition coefficient (Wildman–Crippen LogP) is 1.95. The van der Waals surface area contributed by atoms with Gasteiger partial charge in [-0.1, -0.05) is 6.42 Å². The van der Waals surface area contributed by atoms with Gasteiger partial charge in [-0.15, -0.1) is 0 Å². The van der Waals surface area contributed by atoms with Gasteiger partial charge in [0.05, 0.1) is 5.60 Å². The van der Waals surface area contributed by atoms with Gasteiger partial charge < -0.3 is 5.11 Å². The third-order valence-electron chi connectivity index (χ3n) is 3.48. The minimum Gasteiger partial charge on any atom is -0.390 e. The Labute approximate surface area is 62.4 Å². The Morgan fingerprint density at radius 2 is 2.10 bits per heavy atom. The molecule has 1 nitrogen and oxygen atoms in total. The van der Waals surface area contributed by atoms with Crippen LogP contribution >= 0.6 is 0 Å². The molecule has 2 saturated carbocycles. The molecular formula is C9H16O. The third-order valence-corrected chi connectivity index (χ3v) is 3.48. The lowest BCUT2D eigenvalue weighted by atomic mass is 9.77. The second-order valence-electron chi connectivity index (χ2n) is 4.27. The van der Waals surface area contributed by atoms with Crippen molar-refractivity contribution < 1.29 is 5.11 Å². The van der Waals surface area contributed by atoms with Crippen LogP contribution in [0.2, 0.25) is 0 Å². The zero-order valence-corrected chi connectivity index (χ0v) is 6.64. The second-order valence-corrected chi connectivity index (χ2v) is 4.27. The van der Waals surface area contributed by atoms with Gasteiger partial charge in [-0.25, -0.2) is 0 Å². The van der Waals surface area contributed by atoms with E-state index >= 15 is 0 Å². The molecule has 0 aliphatic heterocycles. The molecule has 1 heteroatoms. The summed E-state index contributed by atoms with van der Waals surface area (Å²) < 4.78 is 0. The molecule has 0 aromatic carbocycles. The van der Waals surface area contributed by atoms with E-state index in [4.69, 9.17) is 0 Å². The molecule has 0 unspecified atom stereocenters. The summed E-state index contributed by atoms with van der Waals surface area (Å²) in [5.74, 6) is 1.59. The maximum Gasteiger partial charge on any atom is 0.0648 e. The lowest BCUT2D eigenvalue weighted by molar-refractivity contribution is -0.0254. The van der Waals surface area contributed by atoms with E-state index in [-0.39, 0.29) is 5.60 Å². The summed E-state index contributed by atoms with van der Waals surface area (Å²) in [6.07, 6.45) is 6.26. The van der Waals surface area contributed by atoms with Gasteiger partial charge in [0.25, 0.3) is 0 Å². The number of aliphatic hydroxyl groups is 1. The fraction of sp³-hybridized carbons (Fsp3) is 1.00. The molecule has 2 aliphatic rings. The van der Waals surface area contributed by atoms with Crippen LogP contribution in [0, 0.1) is 11.8 Å². The summed E-state index contributed by atoms with van der Waals surface area (Å²) in [4.78, 5) is 0. The van der Waals surface area contributed by atoms with Crippen LogP contribution in [0.5, 0.6) is 0 Å². The average molecular weight is 140 g/mol. The van der Waals surface area contributed by atoms with Crippen molar-refractivity contribution in [2.45, 2.75) is 44.6 Å². The van der Waals surface area contributed by atoms with Gasteiger partial charge in [0.2, 0.25) is 0 Å². The average Bonchev–Trinajstić information content (AvgIpc) is 2.26. The van der Waals surface area contributed by atoms with Crippen molar-refractivity contribution in [3.8, 4) is 0 Å². The molecule has 2 fully saturated rings. The molecule has 2 aliphatic carbocycles. The summed E-state index contributed by atoms with van der Waals surface area (Å²) in [5, 5.41) is 9.86. The highest BCUT2D eigenvalue weighted by Gasteiger charge is 2.42. The van der Waals surface area contributed by atoms with Crippen molar-refractivity contribution in [3.05, 3.63) is 0 Å². The highest BCUT2D eigenvalue weighted by atomic mass is 16.3. The van der Waals surface area contributed by atoms with E-state index in [1.54, 1.807) is 0 Å². The predicted molar refractivity (Wildman–Crippen MR) is 40.7 cm³/mol. The molecule has 1 N–H and O–H groups in total. The van der Waals surface area contributed by atoms with Gasteiger partial charge in [-0.3, -0.25) is 0 Å². The Kier molecular flexibility index (Phi) is 1.31. The summed E-state index contributed by atoms with van der Waals surface area (Å²) in [5.41, 5.74) is -0.312. The van der Waals surface area contributed by atoms with Crippen molar-refractivity contribution in [2.75, 3.05) is 0 Å². The summed E-state index contributed by atoms with van der Waals surface area (Å²) in [6, 6.07) is 0. The van der Waals surface area contributed by atoms with Crippen molar-refractivity contribution in [1.29, 1.82) is 0 Å². The maximum absolute atomic E-state index is 9.86.